The van der Waals surface area contributed by atoms with E-state index in [1.165, 1.54) is 6.92 Å². The van der Waals surface area contributed by atoms with Crippen molar-refractivity contribution in [3.05, 3.63) is 54.6 Å². The van der Waals surface area contributed by atoms with Gasteiger partial charge in [0.2, 0.25) is 17.7 Å². The van der Waals surface area contributed by atoms with Crippen LogP contribution < -0.4 is 16.0 Å². The molecule has 0 saturated carbocycles. The molecule has 2 aromatic carbocycles. The SMILES string of the molecule is CC(=O)Nc1ccc(NC(=O)C(C)(C)C(=O)Nc2ccccc2)cc1. The fraction of sp³-hybridized carbons (Fsp3) is 0.211. The zero-order valence-corrected chi connectivity index (χ0v) is 14.4. The molecule has 0 aromatic heterocycles. The summed E-state index contributed by atoms with van der Waals surface area (Å²) in [6.45, 7) is 4.54. The van der Waals surface area contributed by atoms with Crippen molar-refractivity contribution in [3.8, 4) is 0 Å². The lowest BCUT2D eigenvalue weighted by Crippen LogP contribution is -2.41. The third-order valence-corrected chi connectivity index (χ3v) is 3.63. The van der Waals surface area contributed by atoms with E-state index in [4.69, 9.17) is 0 Å². The topological polar surface area (TPSA) is 87.3 Å². The summed E-state index contributed by atoms with van der Waals surface area (Å²) in [7, 11) is 0. The number of hydrogen-bond acceptors (Lipinski definition) is 3. The Hall–Kier alpha value is -3.15. The highest BCUT2D eigenvalue weighted by molar-refractivity contribution is 6.14. The molecule has 130 valence electrons. The van der Waals surface area contributed by atoms with Gasteiger partial charge in [0.1, 0.15) is 5.41 Å². The van der Waals surface area contributed by atoms with Crippen LogP contribution >= 0.6 is 0 Å². The molecule has 6 nitrogen and oxygen atoms in total. The Morgan fingerprint density at radius 1 is 0.680 bits per heavy atom. The van der Waals surface area contributed by atoms with Crippen LogP contribution in [0.15, 0.2) is 54.6 Å². The predicted molar refractivity (Wildman–Crippen MR) is 98.2 cm³/mol. The van der Waals surface area contributed by atoms with Gasteiger partial charge in [0, 0.05) is 24.0 Å². The van der Waals surface area contributed by atoms with Crippen LogP contribution in [0, 0.1) is 5.41 Å². The summed E-state index contributed by atoms with van der Waals surface area (Å²) in [5, 5.41) is 8.09. The normalized spacial score (nSPS) is 10.7. The van der Waals surface area contributed by atoms with Crippen molar-refractivity contribution in [2.24, 2.45) is 5.41 Å². The number of hydrogen-bond donors (Lipinski definition) is 3. The molecule has 0 fully saturated rings. The molecule has 0 aliphatic carbocycles. The van der Waals surface area contributed by atoms with E-state index in [1.807, 2.05) is 6.07 Å². The highest BCUT2D eigenvalue weighted by Crippen LogP contribution is 2.22. The molecule has 6 heteroatoms. The summed E-state index contributed by atoms with van der Waals surface area (Å²) in [6, 6.07) is 15.6. The van der Waals surface area contributed by atoms with E-state index >= 15 is 0 Å². The molecule has 3 amide bonds. The van der Waals surface area contributed by atoms with E-state index < -0.39 is 17.2 Å². The Morgan fingerprint density at radius 3 is 1.52 bits per heavy atom. The predicted octanol–water partition coefficient (Wildman–Crippen LogP) is 3.25. The molecule has 3 N–H and O–H groups in total. The lowest BCUT2D eigenvalue weighted by atomic mass is 9.90. The van der Waals surface area contributed by atoms with Crippen molar-refractivity contribution < 1.29 is 14.4 Å². The van der Waals surface area contributed by atoms with Gasteiger partial charge in [0.15, 0.2) is 0 Å². The van der Waals surface area contributed by atoms with Crippen molar-refractivity contribution in [2.45, 2.75) is 20.8 Å². The minimum atomic E-state index is -1.26. The van der Waals surface area contributed by atoms with E-state index in [0.29, 0.717) is 17.1 Å². The second-order valence-electron chi connectivity index (χ2n) is 6.16. The molecule has 0 radical (unpaired) electrons. The molecule has 0 aliphatic heterocycles. The molecule has 25 heavy (non-hydrogen) atoms. The van der Waals surface area contributed by atoms with E-state index in [1.54, 1.807) is 62.4 Å². The van der Waals surface area contributed by atoms with E-state index in [0.717, 1.165) is 0 Å². The van der Waals surface area contributed by atoms with Crippen LogP contribution in [-0.4, -0.2) is 17.7 Å². The average Bonchev–Trinajstić information content (AvgIpc) is 2.57. The number of carbonyl (C=O) groups is 3. The Labute approximate surface area is 146 Å². The summed E-state index contributed by atoms with van der Waals surface area (Å²) >= 11 is 0. The average molecular weight is 339 g/mol. The van der Waals surface area contributed by atoms with E-state index in [9.17, 15) is 14.4 Å². The van der Waals surface area contributed by atoms with Gasteiger partial charge in [-0.15, -0.1) is 0 Å². The molecule has 0 spiro atoms. The number of nitrogens with one attached hydrogen (secondary N) is 3. The summed E-state index contributed by atoms with van der Waals surface area (Å²) in [5.41, 5.74) is 0.547. The lowest BCUT2D eigenvalue weighted by molar-refractivity contribution is -0.135. The summed E-state index contributed by atoms with van der Waals surface area (Å²) in [4.78, 5) is 35.9. The zero-order valence-electron chi connectivity index (χ0n) is 14.4. The first-order chi connectivity index (χ1) is 11.8. The standard InChI is InChI=1S/C19H21N3O3/c1-13(23)20-15-9-11-16(12-10-15)22-18(25)19(2,3)17(24)21-14-7-5-4-6-8-14/h4-12H,1-3H3,(H,20,23)(H,21,24)(H,22,25). The van der Waals surface area contributed by atoms with Gasteiger partial charge in [-0.05, 0) is 50.2 Å². The highest BCUT2D eigenvalue weighted by Gasteiger charge is 2.36. The van der Waals surface area contributed by atoms with Crippen LogP contribution in [0.3, 0.4) is 0 Å². The van der Waals surface area contributed by atoms with E-state index in [-0.39, 0.29) is 5.91 Å². The minimum Gasteiger partial charge on any atom is -0.326 e. The lowest BCUT2D eigenvalue weighted by Gasteiger charge is -2.22. The van der Waals surface area contributed by atoms with E-state index in [2.05, 4.69) is 16.0 Å². The first-order valence-corrected chi connectivity index (χ1v) is 7.84. The third-order valence-electron chi connectivity index (χ3n) is 3.63. The molecule has 0 saturated heterocycles. The van der Waals surface area contributed by atoms with Crippen molar-refractivity contribution in [3.63, 3.8) is 0 Å². The van der Waals surface area contributed by atoms with Gasteiger partial charge in [0.25, 0.3) is 0 Å². The second-order valence-corrected chi connectivity index (χ2v) is 6.16. The number of para-hydroxylation sites is 1. The number of anilines is 3. The molecule has 0 heterocycles. The smallest absolute Gasteiger partial charge is 0.239 e. The van der Waals surface area contributed by atoms with Crippen molar-refractivity contribution in [1.29, 1.82) is 0 Å². The second kappa shape index (κ2) is 7.61. The van der Waals surface area contributed by atoms with Crippen LogP contribution in [0.1, 0.15) is 20.8 Å². The monoisotopic (exact) mass is 339 g/mol. The zero-order chi connectivity index (χ0) is 18.4. The summed E-state index contributed by atoms with van der Waals surface area (Å²) < 4.78 is 0. The van der Waals surface area contributed by atoms with Crippen molar-refractivity contribution >= 4 is 34.8 Å². The minimum absolute atomic E-state index is 0.171. The first-order valence-electron chi connectivity index (χ1n) is 7.84. The molecule has 0 aliphatic rings. The van der Waals surface area contributed by atoms with Crippen LogP contribution in [0.4, 0.5) is 17.1 Å². The maximum absolute atomic E-state index is 12.5. The largest absolute Gasteiger partial charge is 0.326 e. The summed E-state index contributed by atoms with van der Waals surface area (Å²) in [5.74, 6) is -0.991. The Bertz CT molecular complexity index is 768. The molecular formula is C19H21N3O3. The summed E-state index contributed by atoms with van der Waals surface area (Å²) in [6.07, 6.45) is 0. The van der Waals surface area contributed by atoms with Gasteiger partial charge >= 0.3 is 0 Å². The van der Waals surface area contributed by atoms with Crippen LogP contribution in [-0.2, 0) is 14.4 Å². The molecular weight excluding hydrogens is 318 g/mol. The maximum atomic E-state index is 12.5. The first kappa shape index (κ1) is 18.2. The Balaban J connectivity index is 2.02. The molecule has 0 unspecified atom stereocenters. The quantitative estimate of drug-likeness (QED) is 0.731. The van der Waals surface area contributed by atoms with Gasteiger partial charge in [-0.3, -0.25) is 14.4 Å². The van der Waals surface area contributed by atoms with Gasteiger partial charge in [0.05, 0.1) is 0 Å². The van der Waals surface area contributed by atoms with Crippen molar-refractivity contribution in [2.75, 3.05) is 16.0 Å². The Morgan fingerprint density at radius 2 is 1.08 bits per heavy atom. The Kier molecular flexibility index (Phi) is 5.54. The fourth-order valence-electron chi connectivity index (χ4n) is 2.04. The van der Waals surface area contributed by atoms with Gasteiger partial charge in [-0.25, -0.2) is 0 Å². The maximum Gasteiger partial charge on any atom is 0.239 e. The number of carbonyl (C=O) groups excluding carboxylic acids is 3. The van der Waals surface area contributed by atoms with Gasteiger partial charge in [-0.1, -0.05) is 18.2 Å². The number of amides is 3. The molecule has 2 aromatic rings. The van der Waals surface area contributed by atoms with Crippen LogP contribution in [0.2, 0.25) is 0 Å². The third kappa shape index (κ3) is 4.91. The van der Waals surface area contributed by atoms with Gasteiger partial charge < -0.3 is 16.0 Å². The molecule has 0 atom stereocenters. The van der Waals surface area contributed by atoms with Gasteiger partial charge in [-0.2, -0.15) is 0 Å². The highest BCUT2D eigenvalue weighted by atomic mass is 16.2. The van der Waals surface area contributed by atoms with Crippen LogP contribution in [0.5, 0.6) is 0 Å². The fourth-order valence-corrected chi connectivity index (χ4v) is 2.04. The van der Waals surface area contributed by atoms with Crippen LogP contribution in [0.25, 0.3) is 0 Å². The number of benzene rings is 2. The number of rotatable bonds is 5. The molecule has 2 rings (SSSR count). The molecule has 0 bridgehead atoms. The van der Waals surface area contributed by atoms with Crippen molar-refractivity contribution in [1.82, 2.24) is 0 Å².